The largest absolute Gasteiger partial charge is 0.463 e. The van der Waals surface area contributed by atoms with Crippen LogP contribution in [0.2, 0.25) is 0 Å². The first-order chi connectivity index (χ1) is 25.4. The molecule has 3 saturated heterocycles. The van der Waals surface area contributed by atoms with Gasteiger partial charge in [0.25, 0.3) is 0 Å². The highest BCUT2D eigenvalue weighted by atomic mass is 16.5. The van der Waals surface area contributed by atoms with Crippen molar-refractivity contribution in [2.24, 2.45) is 58.2 Å². The van der Waals surface area contributed by atoms with Crippen LogP contribution in [0.3, 0.4) is 0 Å². The van der Waals surface area contributed by atoms with E-state index in [0.717, 1.165) is 80.2 Å². The molecular weight excluding hydrogens is 661 g/mol. The molecule has 0 spiro atoms. The van der Waals surface area contributed by atoms with Gasteiger partial charge in [-0.25, -0.2) is 0 Å². The third-order valence-corrected chi connectivity index (χ3v) is 16.5. The second-order valence-electron chi connectivity index (χ2n) is 19.0. The van der Waals surface area contributed by atoms with Gasteiger partial charge in [0.2, 0.25) is 0 Å². The summed E-state index contributed by atoms with van der Waals surface area (Å²) >= 11 is 0. The van der Waals surface area contributed by atoms with Crippen LogP contribution in [-0.4, -0.2) is 58.3 Å². The quantitative estimate of drug-likeness (QED) is 0.204. The lowest BCUT2D eigenvalue weighted by atomic mass is 9.43. The van der Waals surface area contributed by atoms with Gasteiger partial charge in [0, 0.05) is 43.4 Å². The normalized spacial score (nSPS) is 41.4. The van der Waals surface area contributed by atoms with Crippen LogP contribution in [0.15, 0.2) is 43.0 Å². The first-order valence-corrected chi connectivity index (χ1v) is 21.2. The van der Waals surface area contributed by atoms with Gasteiger partial charge in [0.15, 0.2) is 0 Å². The lowest BCUT2D eigenvalue weighted by Crippen LogP contribution is -2.59. The number of piperidine rings is 3. The molecule has 288 valence electrons. The van der Waals surface area contributed by atoms with Gasteiger partial charge in [-0.05, 0) is 154 Å². The number of rotatable bonds is 9. The van der Waals surface area contributed by atoms with E-state index in [1.807, 2.05) is 0 Å². The third-order valence-electron chi connectivity index (χ3n) is 16.5. The van der Waals surface area contributed by atoms with E-state index in [4.69, 9.17) is 14.5 Å². The van der Waals surface area contributed by atoms with Crippen molar-refractivity contribution in [3.05, 3.63) is 54.2 Å². The number of aromatic nitrogens is 1. The molecule has 4 heterocycles. The predicted octanol–water partition coefficient (Wildman–Crippen LogP) is 8.87. The molecular formula is C46H64N2O5. The van der Waals surface area contributed by atoms with Gasteiger partial charge in [-0.15, -0.1) is 6.58 Å². The lowest BCUT2D eigenvalue weighted by Gasteiger charge is -2.62. The Morgan fingerprint density at radius 3 is 2.49 bits per heavy atom. The fraction of sp³-hybridized carbons (Fsp3) is 0.717. The van der Waals surface area contributed by atoms with Gasteiger partial charge in [-0.2, -0.15) is 0 Å². The maximum Gasteiger partial charge on any atom is 0.302 e. The van der Waals surface area contributed by atoms with E-state index in [-0.39, 0.29) is 41.0 Å². The van der Waals surface area contributed by atoms with Crippen LogP contribution in [-0.2, 0) is 25.5 Å². The summed E-state index contributed by atoms with van der Waals surface area (Å²) in [7, 11) is 0. The molecule has 2 bridgehead atoms. The Hall–Kier alpha value is -2.77. The number of ether oxygens (including phenoxy) is 2. The molecule has 53 heavy (non-hydrogen) atoms. The Morgan fingerprint density at radius 1 is 1.00 bits per heavy atom. The van der Waals surface area contributed by atoms with E-state index in [2.05, 4.69) is 68.7 Å². The SMILES string of the molecule is C=C[C@H]1CN2CC[C@H]1C[C@H]2[C@H](O)c1cc(CC[C@@H](C)[C@H]2CC[C@H]3[C@@H]4[C@H](OC(C)=O)C[C@@H]5C[C@H](OC(C)=O)CC[C@]5(C)[C@H]4CC[C@]23C)nc2ccccc12. The first kappa shape index (κ1) is 37.2. The van der Waals surface area contributed by atoms with Crippen molar-refractivity contribution in [1.82, 2.24) is 9.88 Å². The molecule has 0 amide bonds. The molecule has 4 saturated carbocycles. The lowest BCUT2D eigenvalue weighted by molar-refractivity contribution is -0.197. The minimum atomic E-state index is -0.531. The van der Waals surface area contributed by atoms with E-state index in [0.29, 0.717) is 47.3 Å². The first-order valence-electron chi connectivity index (χ1n) is 21.2. The van der Waals surface area contributed by atoms with Gasteiger partial charge < -0.3 is 14.6 Å². The fourth-order valence-electron chi connectivity index (χ4n) is 13.9. The van der Waals surface area contributed by atoms with Crippen molar-refractivity contribution in [1.29, 1.82) is 0 Å². The maximum absolute atomic E-state index is 12.6. The Kier molecular flexibility index (Phi) is 10.1. The number of carbonyl (C=O) groups excluding carboxylic acids is 2. The molecule has 15 atom stereocenters. The molecule has 1 N–H and O–H groups in total. The minimum Gasteiger partial charge on any atom is -0.463 e. The summed E-state index contributed by atoms with van der Waals surface area (Å²) in [4.78, 5) is 32.1. The summed E-state index contributed by atoms with van der Waals surface area (Å²) in [6.45, 7) is 16.8. The van der Waals surface area contributed by atoms with Crippen LogP contribution in [0.4, 0.5) is 0 Å². The molecule has 7 nitrogen and oxygen atoms in total. The molecule has 3 aliphatic heterocycles. The Balaban J connectivity index is 0.992. The number of carbonyl (C=O) groups is 2. The summed E-state index contributed by atoms with van der Waals surface area (Å²) in [5, 5.41) is 13.1. The van der Waals surface area contributed by atoms with Gasteiger partial charge in [-0.1, -0.05) is 45.0 Å². The Labute approximate surface area is 317 Å². The molecule has 7 heteroatoms. The average molecular weight is 725 g/mol. The molecule has 7 fully saturated rings. The van der Waals surface area contributed by atoms with Gasteiger partial charge in [0.1, 0.15) is 12.2 Å². The van der Waals surface area contributed by atoms with Gasteiger partial charge in [-0.3, -0.25) is 19.5 Å². The highest BCUT2D eigenvalue weighted by molar-refractivity contribution is 5.82. The molecule has 1 aromatic carbocycles. The molecule has 0 radical (unpaired) electrons. The fourth-order valence-corrected chi connectivity index (χ4v) is 13.9. The Bertz CT molecular complexity index is 1710. The number of aliphatic hydroxyl groups is 1. The van der Waals surface area contributed by atoms with Crippen molar-refractivity contribution in [2.45, 2.75) is 136 Å². The number of nitrogens with zero attached hydrogens (tertiary/aromatic N) is 2. The zero-order chi connectivity index (χ0) is 37.2. The van der Waals surface area contributed by atoms with Crippen LogP contribution in [0, 0.1) is 58.2 Å². The number of pyridine rings is 1. The van der Waals surface area contributed by atoms with Crippen LogP contribution >= 0.6 is 0 Å². The number of benzene rings is 1. The number of para-hydroxylation sites is 1. The van der Waals surface area contributed by atoms with Crippen molar-refractivity contribution in [2.75, 3.05) is 13.1 Å². The molecule has 1 unspecified atom stereocenters. The van der Waals surface area contributed by atoms with Gasteiger partial charge >= 0.3 is 11.9 Å². The Morgan fingerprint density at radius 2 is 1.75 bits per heavy atom. The van der Waals surface area contributed by atoms with Crippen LogP contribution in [0.5, 0.6) is 0 Å². The highest BCUT2D eigenvalue weighted by Crippen LogP contribution is 2.69. The molecule has 1 aromatic heterocycles. The second kappa shape index (κ2) is 14.4. The smallest absolute Gasteiger partial charge is 0.302 e. The van der Waals surface area contributed by atoms with E-state index in [9.17, 15) is 14.7 Å². The maximum atomic E-state index is 12.6. The summed E-state index contributed by atoms with van der Waals surface area (Å²) in [5.41, 5.74) is 3.53. The second-order valence-corrected chi connectivity index (χ2v) is 19.0. The number of fused-ring (bicyclic) bond motifs is 9. The zero-order valence-electron chi connectivity index (χ0n) is 33.0. The third kappa shape index (κ3) is 6.58. The number of hydrogen-bond donors (Lipinski definition) is 1. The highest BCUT2D eigenvalue weighted by Gasteiger charge is 2.64. The predicted molar refractivity (Wildman–Crippen MR) is 208 cm³/mol. The number of aryl methyl sites for hydroxylation is 1. The van der Waals surface area contributed by atoms with E-state index >= 15 is 0 Å². The van der Waals surface area contributed by atoms with E-state index in [1.165, 1.54) is 39.0 Å². The van der Waals surface area contributed by atoms with Crippen LogP contribution in [0.25, 0.3) is 10.9 Å². The molecule has 4 aliphatic carbocycles. The molecule has 7 aliphatic rings. The summed E-state index contributed by atoms with van der Waals surface area (Å²) in [6, 6.07) is 10.8. The molecule has 9 rings (SSSR count). The van der Waals surface area contributed by atoms with E-state index in [1.54, 1.807) is 6.92 Å². The van der Waals surface area contributed by atoms with Crippen molar-refractivity contribution in [3.8, 4) is 0 Å². The van der Waals surface area contributed by atoms with E-state index < -0.39 is 6.10 Å². The average Bonchev–Trinajstić information content (AvgIpc) is 3.50. The topological polar surface area (TPSA) is 89.0 Å². The zero-order valence-corrected chi connectivity index (χ0v) is 33.0. The van der Waals surface area contributed by atoms with Gasteiger partial charge in [0.05, 0.1) is 11.6 Å². The monoisotopic (exact) mass is 724 g/mol. The number of aliphatic hydroxyl groups excluding tert-OH is 1. The van der Waals surface area contributed by atoms with Crippen molar-refractivity contribution >= 4 is 22.8 Å². The summed E-state index contributed by atoms with van der Waals surface area (Å²) in [5.74, 6) is 3.81. The minimum absolute atomic E-state index is 0.0210. The van der Waals surface area contributed by atoms with Crippen LogP contribution < -0.4 is 0 Å². The molecule has 2 aromatic rings. The van der Waals surface area contributed by atoms with Crippen molar-refractivity contribution < 1.29 is 24.2 Å². The van der Waals surface area contributed by atoms with Crippen molar-refractivity contribution in [3.63, 3.8) is 0 Å². The summed E-state index contributed by atoms with van der Waals surface area (Å²) in [6.07, 6.45) is 14.4. The summed E-state index contributed by atoms with van der Waals surface area (Å²) < 4.78 is 12.0. The number of hydrogen-bond acceptors (Lipinski definition) is 7. The number of esters is 2. The standard InChI is InChI=1S/C46H64N2O5/c1-7-30-26-48-21-18-31(30)22-41(48)44(51)36-25-33(47-40-11-9-8-10-35(36)40)13-12-27(2)37-14-15-38-43-39(17-20-46(37,38)6)45(5)19-16-34(52-28(3)49)23-32(45)24-42(43)53-29(4)50/h7-11,25,27,30-32,34,37-39,41-44,51H,1,12-24,26H2,2-6H3/t27-,30+,31+,32+,34-,37-,38+,39+,41+,42-,43+,44-,45+,46-/m1/s1. The van der Waals surface area contributed by atoms with Crippen LogP contribution in [0.1, 0.15) is 123 Å².